The molecular weight excluding hydrogens is 268 g/mol. The van der Waals surface area contributed by atoms with Gasteiger partial charge in [0.15, 0.2) is 5.69 Å². The second-order valence-corrected chi connectivity index (χ2v) is 4.83. The zero-order valence-electron chi connectivity index (χ0n) is 12.0. The van der Waals surface area contributed by atoms with Crippen LogP contribution in [0.15, 0.2) is 30.7 Å². The second kappa shape index (κ2) is 6.76. The van der Waals surface area contributed by atoms with Crippen LogP contribution in [0.3, 0.4) is 0 Å². The molecule has 2 aromatic rings. The number of hydrazine groups is 1. The fourth-order valence-electron chi connectivity index (χ4n) is 1.72. The van der Waals surface area contributed by atoms with Gasteiger partial charge in [-0.05, 0) is 17.7 Å². The van der Waals surface area contributed by atoms with E-state index in [1.807, 2.05) is 26.0 Å². The van der Waals surface area contributed by atoms with Crippen LogP contribution in [0.25, 0.3) is 0 Å². The summed E-state index contributed by atoms with van der Waals surface area (Å²) in [7, 11) is 0. The van der Waals surface area contributed by atoms with Gasteiger partial charge in [0.05, 0.1) is 11.9 Å². The maximum atomic E-state index is 12.3. The zero-order valence-corrected chi connectivity index (χ0v) is 12.0. The van der Waals surface area contributed by atoms with Gasteiger partial charge in [-0.1, -0.05) is 13.8 Å². The number of hydrogen-bond donors (Lipinski definition) is 3. The van der Waals surface area contributed by atoms with Crippen molar-refractivity contribution in [3.05, 3.63) is 47.8 Å². The van der Waals surface area contributed by atoms with Gasteiger partial charge in [-0.2, -0.15) is 0 Å². The molecule has 0 bridgehead atoms. The highest BCUT2D eigenvalue weighted by Crippen LogP contribution is 2.15. The molecule has 7 nitrogen and oxygen atoms in total. The van der Waals surface area contributed by atoms with Crippen molar-refractivity contribution in [1.82, 2.24) is 20.3 Å². The van der Waals surface area contributed by atoms with E-state index in [9.17, 15) is 4.79 Å². The predicted molar refractivity (Wildman–Crippen MR) is 79.3 cm³/mol. The molecule has 0 aliphatic carbocycles. The van der Waals surface area contributed by atoms with E-state index in [0.717, 1.165) is 5.56 Å². The van der Waals surface area contributed by atoms with Gasteiger partial charge in [-0.25, -0.2) is 9.97 Å². The highest BCUT2D eigenvalue weighted by molar-refractivity contribution is 5.97. The molecule has 110 valence electrons. The molecule has 0 saturated heterocycles. The zero-order chi connectivity index (χ0) is 15.2. The molecule has 7 heteroatoms. The molecule has 21 heavy (non-hydrogen) atoms. The second-order valence-electron chi connectivity index (χ2n) is 4.83. The van der Waals surface area contributed by atoms with Gasteiger partial charge < -0.3 is 10.7 Å². The van der Waals surface area contributed by atoms with Crippen LogP contribution in [0, 0.1) is 0 Å². The minimum absolute atomic E-state index is 0.128. The van der Waals surface area contributed by atoms with E-state index in [4.69, 9.17) is 5.84 Å². The lowest BCUT2D eigenvalue weighted by atomic mass is 10.2. The van der Waals surface area contributed by atoms with Gasteiger partial charge in [0, 0.05) is 24.9 Å². The number of nitrogens with one attached hydrogen (secondary N) is 2. The first-order chi connectivity index (χ1) is 10.1. The summed E-state index contributed by atoms with van der Waals surface area (Å²) in [6.07, 6.45) is 4.87. The van der Waals surface area contributed by atoms with Crippen LogP contribution in [0.5, 0.6) is 0 Å². The minimum atomic E-state index is -0.302. The van der Waals surface area contributed by atoms with Crippen molar-refractivity contribution in [3.8, 4) is 0 Å². The standard InChI is InChI=1S/C14H18N6O/c1-9(2)13-17-8-11(20-15)12(19-13)14(21)18-7-10-3-5-16-6-4-10/h3-6,8-9,20H,7,15H2,1-2H3,(H,18,21). The van der Waals surface area contributed by atoms with Crippen LogP contribution in [0.4, 0.5) is 5.69 Å². The lowest BCUT2D eigenvalue weighted by Gasteiger charge is -2.11. The molecule has 0 spiro atoms. The molecule has 0 aliphatic heterocycles. The Balaban J connectivity index is 2.15. The molecule has 0 saturated carbocycles. The van der Waals surface area contributed by atoms with Gasteiger partial charge in [-0.15, -0.1) is 0 Å². The van der Waals surface area contributed by atoms with Crippen LogP contribution in [-0.4, -0.2) is 20.9 Å². The summed E-state index contributed by atoms with van der Waals surface area (Å²) in [5.74, 6) is 5.83. The van der Waals surface area contributed by atoms with Crippen molar-refractivity contribution in [2.24, 2.45) is 5.84 Å². The monoisotopic (exact) mass is 286 g/mol. The highest BCUT2D eigenvalue weighted by atomic mass is 16.1. The molecule has 0 aromatic carbocycles. The molecule has 0 radical (unpaired) electrons. The van der Waals surface area contributed by atoms with Crippen molar-refractivity contribution in [2.75, 3.05) is 5.43 Å². The summed E-state index contributed by atoms with van der Waals surface area (Å²) in [6, 6.07) is 3.67. The summed E-state index contributed by atoms with van der Waals surface area (Å²) in [6.45, 7) is 4.32. The minimum Gasteiger partial charge on any atom is -0.347 e. The quantitative estimate of drug-likeness (QED) is 0.563. The van der Waals surface area contributed by atoms with Crippen molar-refractivity contribution in [1.29, 1.82) is 0 Å². The largest absolute Gasteiger partial charge is 0.347 e. The van der Waals surface area contributed by atoms with Crippen molar-refractivity contribution < 1.29 is 4.79 Å². The first-order valence-electron chi connectivity index (χ1n) is 6.62. The molecule has 0 unspecified atom stereocenters. The van der Waals surface area contributed by atoms with E-state index in [1.54, 1.807) is 12.4 Å². The molecule has 4 N–H and O–H groups in total. The Morgan fingerprint density at radius 3 is 2.67 bits per heavy atom. The molecule has 1 amide bonds. The van der Waals surface area contributed by atoms with Crippen LogP contribution < -0.4 is 16.6 Å². The van der Waals surface area contributed by atoms with Crippen molar-refractivity contribution in [3.63, 3.8) is 0 Å². The molecule has 2 rings (SSSR count). The first kappa shape index (κ1) is 14.9. The van der Waals surface area contributed by atoms with E-state index in [1.165, 1.54) is 6.20 Å². The fraction of sp³-hybridized carbons (Fsp3) is 0.286. The fourth-order valence-corrected chi connectivity index (χ4v) is 1.72. The smallest absolute Gasteiger partial charge is 0.272 e. The maximum absolute atomic E-state index is 12.3. The average Bonchev–Trinajstić information content (AvgIpc) is 2.52. The summed E-state index contributed by atoms with van der Waals surface area (Å²) in [5.41, 5.74) is 4.04. The van der Waals surface area contributed by atoms with Crippen molar-refractivity contribution >= 4 is 11.6 Å². The maximum Gasteiger partial charge on any atom is 0.272 e. The van der Waals surface area contributed by atoms with E-state index in [0.29, 0.717) is 18.1 Å². The Morgan fingerprint density at radius 2 is 2.05 bits per heavy atom. The summed E-state index contributed by atoms with van der Waals surface area (Å²) in [4.78, 5) is 24.6. The first-order valence-corrected chi connectivity index (χ1v) is 6.62. The van der Waals surface area contributed by atoms with E-state index in [2.05, 4.69) is 25.7 Å². The van der Waals surface area contributed by atoms with Gasteiger partial charge >= 0.3 is 0 Å². The number of nitrogen functional groups attached to an aromatic ring is 1. The lowest BCUT2D eigenvalue weighted by Crippen LogP contribution is -2.26. The SMILES string of the molecule is CC(C)c1ncc(NN)c(C(=O)NCc2ccncc2)n1. The number of carbonyl (C=O) groups excluding carboxylic acids is 1. The van der Waals surface area contributed by atoms with Gasteiger partial charge in [0.1, 0.15) is 5.82 Å². The third kappa shape index (κ3) is 3.73. The number of pyridine rings is 1. The number of aromatic nitrogens is 3. The van der Waals surface area contributed by atoms with E-state index >= 15 is 0 Å². The van der Waals surface area contributed by atoms with Gasteiger partial charge in [0.2, 0.25) is 0 Å². The van der Waals surface area contributed by atoms with E-state index in [-0.39, 0.29) is 17.5 Å². The van der Waals surface area contributed by atoms with Crippen LogP contribution >= 0.6 is 0 Å². The summed E-state index contributed by atoms with van der Waals surface area (Å²) >= 11 is 0. The number of nitrogens with two attached hydrogens (primary N) is 1. The normalized spacial score (nSPS) is 10.5. The number of rotatable bonds is 5. The topological polar surface area (TPSA) is 106 Å². The van der Waals surface area contributed by atoms with Crippen LogP contribution in [0.2, 0.25) is 0 Å². The number of carbonyl (C=O) groups is 1. The number of nitrogens with zero attached hydrogens (tertiary/aromatic N) is 3. The molecular formula is C14H18N6O. The van der Waals surface area contributed by atoms with Gasteiger partial charge in [-0.3, -0.25) is 15.6 Å². The van der Waals surface area contributed by atoms with Gasteiger partial charge in [0.25, 0.3) is 5.91 Å². The molecule has 0 fully saturated rings. The number of amides is 1. The van der Waals surface area contributed by atoms with Crippen LogP contribution in [-0.2, 0) is 6.54 Å². The lowest BCUT2D eigenvalue weighted by molar-refractivity contribution is 0.0946. The highest BCUT2D eigenvalue weighted by Gasteiger charge is 2.15. The molecule has 0 atom stereocenters. The Labute approximate surface area is 123 Å². The Bertz CT molecular complexity index is 614. The Morgan fingerprint density at radius 1 is 1.33 bits per heavy atom. The summed E-state index contributed by atoms with van der Waals surface area (Å²) < 4.78 is 0. The Hall–Kier alpha value is -2.54. The average molecular weight is 286 g/mol. The van der Waals surface area contributed by atoms with Crippen molar-refractivity contribution in [2.45, 2.75) is 26.3 Å². The predicted octanol–water partition coefficient (Wildman–Crippen LogP) is 1.21. The summed E-state index contributed by atoms with van der Waals surface area (Å²) in [5, 5.41) is 2.80. The molecule has 2 aromatic heterocycles. The number of anilines is 1. The van der Waals surface area contributed by atoms with E-state index < -0.39 is 0 Å². The number of hydrogen-bond acceptors (Lipinski definition) is 6. The van der Waals surface area contributed by atoms with Crippen LogP contribution in [0.1, 0.15) is 41.6 Å². The Kier molecular flexibility index (Phi) is 4.78. The third-order valence-electron chi connectivity index (χ3n) is 2.90. The third-order valence-corrected chi connectivity index (χ3v) is 2.90. The molecule has 2 heterocycles. The molecule has 0 aliphatic rings.